The lowest BCUT2D eigenvalue weighted by molar-refractivity contribution is -0.137. The standard InChI is InChI=1S/C20H28FN3O4/c1-14(25)23-8-10-24(11-9-23)18-7-6-17(20(18)27)22(2)19(26)13-28-16-5-3-4-15(21)12-16/h3-5,12,17-18,20,27H,6-11,13H2,1-2H3/t17-,18-,20-/m1/s1. The van der Waals surface area contributed by atoms with Crippen LogP contribution in [0.3, 0.4) is 0 Å². The maximum Gasteiger partial charge on any atom is 0.260 e. The monoisotopic (exact) mass is 393 g/mol. The number of amides is 2. The summed E-state index contributed by atoms with van der Waals surface area (Å²) in [5.74, 6) is -0.296. The number of rotatable bonds is 5. The Balaban J connectivity index is 1.51. The number of likely N-dealkylation sites (N-methyl/N-ethyl adjacent to an activating group) is 1. The summed E-state index contributed by atoms with van der Waals surface area (Å²) in [6.45, 7) is 4.16. The number of carbonyl (C=O) groups excluding carboxylic acids is 2. The molecule has 1 N–H and O–H groups in total. The van der Waals surface area contributed by atoms with Crippen LogP contribution in [0.5, 0.6) is 5.75 Å². The third-order valence-electron chi connectivity index (χ3n) is 5.82. The molecule has 1 aliphatic heterocycles. The number of ether oxygens (including phenoxy) is 1. The smallest absolute Gasteiger partial charge is 0.260 e. The van der Waals surface area contributed by atoms with Crippen molar-refractivity contribution >= 4 is 11.8 Å². The van der Waals surface area contributed by atoms with Gasteiger partial charge in [-0.3, -0.25) is 14.5 Å². The second-order valence-corrected chi connectivity index (χ2v) is 7.50. The van der Waals surface area contributed by atoms with Gasteiger partial charge in [0.25, 0.3) is 5.91 Å². The Morgan fingerprint density at radius 3 is 2.61 bits per heavy atom. The zero-order chi connectivity index (χ0) is 20.3. The van der Waals surface area contributed by atoms with Crippen LogP contribution in [0.2, 0.25) is 0 Å². The number of benzene rings is 1. The van der Waals surface area contributed by atoms with Crippen molar-refractivity contribution < 1.29 is 23.8 Å². The van der Waals surface area contributed by atoms with E-state index in [-0.39, 0.29) is 30.5 Å². The van der Waals surface area contributed by atoms with Gasteiger partial charge in [0.15, 0.2) is 6.61 Å². The summed E-state index contributed by atoms with van der Waals surface area (Å²) in [6, 6.07) is 5.37. The van der Waals surface area contributed by atoms with Crippen LogP contribution in [-0.2, 0) is 9.59 Å². The summed E-state index contributed by atoms with van der Waals surface area (Å²) in [5, 5.41) is 10.8. The zero-order valence-corrected chi connectivity index (χ0v) is 16.4. The first kappa shape index (κ1) is 20.5. The molecule has 0 unspecified atom stereocenters. The van der Waals surface area contributed by atoms with Crippen LogP contribution in [0.1, 0.15) is 19.8 Å². The van der Waals surface area contributed by atoms with Crippen LogP contribution in [-0.4, -0.2) is 89.6 Å². The minimum atomic E-state index is -0.646. The highest BCUT2D eigenvalue weighted by molar-refractivity contribution is 5.78. The predicted molar refractivity (Wildman–Crippen MR) is 101 cm³/mol. The summed E-state index contributed by atoms with van der Waals surface area (Å²) < 4.78 is 18.6. The molecule has 3 rings (SSSR count). The maximum absolute atomic E-state index is 13.2. The molecule has 7 nitrogen and oxygen atoms in total. The van der Waals surface area contributed by atoms with Crippen molar-refractivity contribution in [2.24, 2.45) is 0 Å². The Hall–Kier alpha value is -2.19. The molecule has 3 atom stereocenters. The second-order valence-electron chi connectivity index (χ2n) is 7.50. The van der Waals surface area contributed by atoms with Gasteiger partial charge in [-0.05, 0) is 25.0 Å². The van der Waals surface area contributed by atoms with Gasteiger partial charge in [-0.1, -0.05) is 6.07 Å². The van der Waals surface area contributed by atoms with E-state index >= 15 is 0 Å². The summed E-state index contributed by atoms with van der Waals surface area (Å²) in [5.41, 5.74) is 0. The van der Waals surface area contributed by atoms with E-state index in [2.05, 4.69) is 4.90 Å². The minimum Gasteiger partial charge on any atom is -0.484 e. The molecule has 0 radical (unpaired) electrons. The fourth-order valence-electron chi connectivity index (χ4n) is 4.12. The van der Waals surface area contributed by atoms with Crippen LogP contribution in [0, 0.1) is 5.82 Å². The van der Waals surface area contributed by atoms with Crippen LogP contribution >= 0.6 is 0 Å². The van der Waals surface area contributed by atoms with Crippen LogP contribution < -0.4 is 4.74 Å². The molecule has 1 aromatic rings. The van der Waals surface area contributed by atoms with Gasteiger partial charge in [0.05, 0.1) is 12.1 Å². The Morgan fingerprint density at radius 2 is 1.96 bits per heavy atom. The van der Waals surface area contributed by atoms with E-state index in [9.17, 15) is 19.1 Å². The van der Waals surface area contributed by atoms with E-state index in [0.717, 1.165) is 19.5 Å². The van der Waals surface area contributed by atoms with Gasteiger partial charge in [-0.15, -0.1) is 0 Å². The molecule has 0 bridgehead atoms. The van der Waals surface area contributed by atoms with E-state index in [4.69, 9.17) is 4.74 Å². The summed E-state index contributed by atoms with van der Waals surface area (Å²) in [7, 11) is 1.67. The molecule has 1 saturated carbocycles. The average molecular weight is 393 g/mol. The molecule has 0 spiro atoms. The highest BCUT2D eigenvalue weighted by atomic mass is 19.1. The predicted octanol–water partition coefficient (Wildman–Crippen LogP) is 0.719. The highest BCUT2D eigenvalue weighted by Crippen LogP contribution is 2.29. The molecule has 8 heteroatoms. The fraction of sp³-hybridized carbons (Fsp3) is 0.600. The van der Waals surface area contributed by atoms with E-state index < -0.39 is 11.9 Å². The van der Waals surface area contributed by atoms with Crippen molar-refractivity contribution in [3.63, 3.8) is 0 Å². The number of aliphatic hydroxyl groups excluding tert-OH is 1. The van der Waals surface area contributed by atoms with Crippen molar-refractivity contribution in [2.45, 2.75) is 38.0 Å². The molecule has 1 aliphatic carbocycles. The van der Waals surface area contributed by atoms with Crippen molar-refractivity contribution in [2.75, 3.05) is 39.8 Å². The molecule has 28 heavy (non-hydrogen) atoms. The number of piperazine rings is 1. The lowest BCUT2D eigenvalue weighted by Gasteiger charge is -2.39. The molecule has 154 valence electrons. The van der Waals surface area contributed by atoms with Crippen molar-refractivity contribution in [1.29, 1.82) is 0 Å². The number of nitrogens with zero attached hydrogens (tertiary/aromatic N) is 3. The highest BCUT2D eigenvalue weighted by Gasteiger charge is 2.42. The first-order valence-corrected chi connectivity index (χ1v) is 9.68. The van der Waals surface area contributed by atoms with Crippen LogP contribution in [0.15, 0.2) is 24.3 Å². The summed E-state index contributed by atoms with van der Waals surface area (Å²) >= 11 is 0. The van der Waals surface area contributed by atoms with Gasteiger partial charge in [-0.2, -0.15) is 0 Å². The van der Waals surface area contributed by atoms with Gasteiger partial charge in [0.2, 0.25) is 5.91 Å². The lowest BCUT2D eigenvalue weighted by Crippen LogP contribution is -2.55. The Labute approximate surface area is 164 Å². The maximum atomic E-state index is 13.2. The van der Waals surface area contributed by atoms with E-state index in [1.54, 1.807) is 20.0 Å². The molecule has 1 heterocycles. The molecule has 2 fully saturated rings. The molecule has 1 saturated heterocycles. The van der Waals surface area contributed by atoms with E-state index in [0.29, 0.717) is 25.3 Å². The zero-order valence-electron chi connectivity index (χ0n) is 16.4. The molecular weight excluding hydrogens is 365 g/mol. The number of aliphatic hydroxyl groups is 1. The number of hydrogen-bond acceptors (Lipinski definition) is 5. The third-order valence-corrected chi connectivity index (χ3v) is 5.82. The second kappa shape index (κ2) is 8.87. The largest absolute Gasteiger partial charge is 0.484 e. The molecule has 2 amide bonds. The molecule has 0 aromatic heterocycles. The van der Waals surface area contributed by atoms with Crippen molar-refractivity contribution in [3.8, 4) is 5.75 Å². The SMILES string of the molecule is CC(=O)N1CCN([C@@H]2CC[C@@H](N(C)C(=O)COc3cccc(F)c3)[C@H]2O)CC1. The number of halogens is 1. The van der Waals surface area contributed by atoms with Gasteiger partial charge in [0, 0.05) is 52.3 Å². The minimum absolute atomic E-state index is 0.0153. The molecule has 2 aliphatic rings. The van der Waals surface area contributed by atoms with E-state index in [1.165, 1.54) is 23.1 Å². The third kappa shape index (κ3) is 4.62. The average Bonchev–Trinajstić information content (AvgIpc) is 3.07. The van der Waals surface area contributed by atoms with Gasteiger partial charge >= 0.3 is 0 Å². The number of carbonyl (C=O) groups is 2. The van der Waals surface area contributed by atoms with E-state index in [1.807, 2.05) is 4.90 Å². The normalized spacial score (nSPS) is 25.6. The quantitative estimate of drug-likeness (QED) is 0.798. The Kier molecular flexibility index (Phi) is 6.51. The summed E-state index contributed by atoms with van der Waals surface area (Å²) in [4.78, 5) is 29.5. The first-order chi connectivity index (χ1) is 13.4. The van der Waals surface area contributed by atoms with Gasteiger partial charge < -0.3 is 19.6 Å². The van der Waals surface area contributed by atoms with Crippen LogP contribution in [0.25, 0.3) is 0 Å². The Morgan fingerprint density at radius 1 is 1.25 bits per heavy atom. The topological polar surface area (TPSA) is 73.3 Å². The fourth-order valence-corrected chi connectivity index (χ4v) is 4.12. The lowest BCUT2D eigenvalue weighted by atomic mass is 10.1. The number of hydrogen-bond donors (Lipinski definition) is 1. The summed E-state index contributed by atoms with van der Waals surface area (Å²) in [6.07, 6.45) is 0.863. The first-order valence-electron chi connectivity index (χ1n) is 9.68. The van der Waals surface area contributed by atoms with Gasteiger partial charge in [-0.25, -0.2) is 4.39 Å². The van der Waals surface area contributed by atoms with Crippen molar-refractivity contribution in [3.05, 3.63) is 30.1 Å². The molecular formula is C20H28FN3O4. The molecule has 1 aromatic carbocycles. The Bertz CT molecular complexity index is 708. The van der Waals surface area contributed by atoms with Crippen molar-refractivity contribution in [1.82, 2.24) is 14.7 Å². The van der Waals surface area contributed by atoms with Gasteiger partial charge in [0.1, 0.15) is 11.6 Å². The van der Waals surface area contributed by atoms with Crippen LogP contribution in [0.4, 0.5) is 4.39 Å².